The van der Waals surface area contributed by atoms with Crippen LogP contribution in [0.5, 0.6) is 0 Å². The molecule has 1 aromatic heterocycles. The summed E-state index contributed by atoms with van der Waals surface area (Å²) in [5, 5.41) is 2.95. The summed E-state index contributed by atoms with van der Waals surface area (Å²) < 4.78 is 2.65. The Hall–Kier alpha value is -5.66. The van der Waals surface area contributed by atoms with Crippen molar-refractivity contribution in [3.8, 4) is 39.1 Å². The highest BCUT2D eigenvalue weighted by Gasteiger charge is 2.53. The number of aromatic nitrogens is 1. The lowest BCUT2D eigenvalue weighted by Gasteiger charge is -2.57. The van der Waals surface area contributed by atoms with Crippen LogP contribution in [0.25, 0.3) is 60.9 Å². The highest BCUT2D eigenvalue weighted by atomic mass is 15.0. The highest BCUT2D eigenvalue weighted by molar-refractivity contribution is 6.10. The number of rotatable bonds is 6. The summed E-state index contributed by atoms with van der Waals surface area (Å²) in [6, 6.07) is 61.7. The smallest absolute Gasteiger partial charge is 0.0541 e. The fourth-order valence-electron chi connectivity index (χ4n) is 17.0. The van der Waals surface area contributed by atoms with E-state index in [0.717, 1.165) is 35.5 Å². The fourth-order valence-corrected chi connectivity index (χ4v) is 17.0. The second-order valence-corrected chi connectivity index (χ2v) is 22.5. The van der Waals surface area contributed by atoms with Crippen LogP contribution in [0.3, 0.4) is 0 Å². The minimum atomic E-state index is 0.235. The molecule has 1 nitrogen and oxygen atoms in total. The van der Waals surface area contributed by atoms with Crippen molar-refractivity contribution in [1.29, 1.82) is 0 Å². The van der Waals surface area contributed by atoms with Gasteiger partial charge in [-0.2, -0.15) is 0 Å². The van der Waals surface area contributed by atoms with E-state index in [4.69, 9.17) is 0 Å². The lowest BCUT2D eigenvalue weighted by molar-refractivity contribution is -0.00528. The highest BCUT2D eigenvalue weighted by Crippen LogP contribution is 2.63. The van der Waals surface area contributed by atoms with Crippen LogP contribution in [-0.2, 0) is 10.8 Å². The van der Waals surface area contributed by atoms with Gasteiger partial charge in [0.1, 0.15) is 0 Å². The van der Waals surface area contributed by atoms with E-state index in [1.54, 1.807) is 11.1 Å². The molecule has 8 saturated carbocycles. The molecular formula is C63H57N. The summed E-state index contributed by atoms with van der Waals surface area (Å²) in [5.74, 6) is 5.86. The first-order valence-corrected chi connectivity index (χ1v) is 25.1. The topological polar surface area (TPSA) is 4.93 Å². The molecule has 314 valence electrons. The van der Waals surface area contributed by atoms with Crippen LogP contribution in [0.4, 0.5) is 0 Å². The third-order valence-corrected chi connectivity index (χ3v) is 18.8. The van der Waals surface area contributed by atoms with Crippen molar-refractivity contribution < 1.29 is 0 Å². The molecule has 17 rings (SSSR count). The first-order chi connectivity index (χ1) is 31.5. The van der Waals surface area contributed by atoms with Crippen molar-refractivity contribution in [3.63, 3.8) is 0 Å². The molecule has 0 spiro atoms. The SMILES string of the molecule is c1ccc(C2c3ccccc3-c3ccc(-c4cccc(-c5ccccc5-n5c6ccc(C78CC9CC(CC(C9)C7)C8)cc6c6cc(C78CC9CC(CC(C9)C7)C8)ccc65)c4)cc32)cc1. The molecule has 9 aliphatic carbocycles. The van der Waals surface area contributed by atoms with E-state index < -0.39 is 0 Å². The standard InChI is InChI=1S/C63H57N/c1-2-9-45(10-3-1)61-54-15-5-4-14-52(54)53-20-17-47(30-57(53)61)46-11-8-12-48(29-46)51-13-6-7-16-58(51)64-59-21-18-49(62-33-39-23-40(34-62)25-41(24-39)35-62)31-55(59)56-32-50(19-22-60(56)64)63-36-42-26-43(37-63)28-44(27-42)38-63/h1-22,29-32,39-44,61H,23-28,33-38H2. The van der Waals surface area contributed by atoms with Gasteiger partial charge in [0.15, 0.2) is 0 Å². The summed E-state index contributed by atoms with van der Waals surface area (Å²) in [7, 11) is 0. The number of fused-ring (bicyclic) bond motifs is 6. The number of para-hydroxylation sites is 1. The zero-order valence-electron chi connectivity index (χ0n) is 37.0. The second kappa shape index (κ2) is 13.4. The number of nitrogens with zero attached hydrogens (tertiary/aromatic N) is 1. The molecule has 7 aromatic carbocycles. The minimum absolute atomic E-state index is 0.235. The monoisotopic (exact) mass is 827 g/mol. The van der Waals surface area contributed by atoms with Crippen LogP contribution in [0.2, 0.25) is 0 Å². The third-order valence-electron chi connectivity index (χ3n) is 18.8. The Kier molecular flexibility index (Phi) is 7.70. The maximum atomic E-state index is 2.73. The Morgan fingerprint density at radius 3 is 1.47 bits per heavy atom. The predicted molar refractivity (Wildman–Crippen MR) is 264 cm³/mol. The van der Waals surface area contributed by atoms with Gasteiger partial charge in [0, 0.05) is 22.3 Å². The molecule has 1 heterocycles. The number of hydrogen-bond acceptors (Lipinski definition) is 0. The molecule has 0 radical (unpaired) electrons. The first-order valence-electron chi connectivity index (χ1n) is 25.1. The second-order valence-electron chi connectivity index (χ2n) is 22.5. The number of benzene rings is 7. The third kappa shape index (κ3) is 5.36. The molecular weight excluding hydrogens is 771 g/mol. The quantitative estimate of drug-likeness (QED) is 0.157. The van der Waals surface area contributed by atoms with E-state index in [-0.39, 0.29) is 5.92 Å². The first kappa shape index (κ1) is 36.7. The molecule has 0 N–H and O–H groups in total. The Balaban J connectivity index is 0.875. The van der Waals surface area contributed by atoms with Crippen LogP contribution in [-0.4, -0.2) is 4.57 Å². The van der Waals surface area contributed by atoms with E-state index in [0.29, 0.717) is 10.8 Å². The lowest BCUT2D eigenvalue weighted by atomic mass is 9.48. The van der Waals surface area contributed by atoms with Gasteiger partial charge in [-0.15, -0.1) is 0 Å². The van der Waals surface area contributed by atoms with E-state index in [1.807, 2.05) is 0 Å². The summed E-state index contributed by atoms with van der Waals surface area (Å²) >= 11 is 0. The largest absolute Gasteiger partial charge is 0.309 e. The van der Waals surface area contributed by atoms with Crippen LogP contribution < -0.4 is 0 Å². The Bertz CT molecular complexity index is 3020. The van der Waals surface area contributed by atoms with Gasteiger partial charge in [0.05, 0.1) is 16.7 Å². The molecule has 64 heavy (non-hydrogen) atoms. The van der Waals surface area contributed by atoms with Gasteiger partial charge in [-0.3, -0.25) is 0 Å². The van der Waals surface area contributed by atoms with E-state index in [1.165, 1.54) is 155 Å². The summed E-state index contributed by atoms with van der Waals surface area (Å²) in [5.41, 5.74) is 20.0. The van der Waals surface area contributed by atoms with E-state index in [9.17, 15) is 0 Å². The molecule has 0 amide bonds. The molecule has 0 aliphatic heterocycles. The Morgan fingerprint density at radius 1 is 0.359 bits per heavy atom. The zero-order valence-corrected chi connectivity index (χ0v) is 37.0. The van der Waals surface area contributed by atoms with E-state index in [2.05, 4.69) is 162 Å². The van der Waals surface area contributed by atoms with Gasteiger partial charge in [-0.1, -0.05) is 115 Å². The van der Waals surface area contributed by atoms with Crippen molar-refractivity contribution in [2.24, 2.45) is 35.5 Å². The van der Waals surface area contributed by atoms with Gasteiger partial charge >= 0.3 is 0 Å². The Labute approximate surface area is 378 Å². The van der Waals surface area contributed by atoms with Gasteiger partial charge in [0.25, 0.3) is 0 Å². The molecule has 8 bridgehead atoms. The Morgan fingerprint density at radius 2 is 0.859 bits per heavy atom. The summed E-state index contributed by atoms with van der Waals surface area (Å²) in [6.07, 6.45) is 17.4. The normalized spacial score (nSPS) is 30.3. The van der Waals surface area contributed by atoms with Crippen LogP contribution in [0.1, 0.15) is 111 Å². The molecule has 9 aliphatic rings. The predicted octanol–water partition coefficient (Wildman–Crippen LogP) is 16.2. The van der Waals surface area contributed by atoms with Gasteiger partial charge in [-0.25, -0.2) is 0 Å². The van der Waals surface area contributed by atoms with Crippen molar-refractivity contribution in [2.45, 2.75) is 93.8 Å². The van der Waals surface area contributed by atoms with Gasteiger partial charge in [0.2, 0.25) is 0 Å². The van der Waals surface area contributed by atoms with Crippen molar-refractivity contribution in [3.05, 3.63) is 186 Å². The minimum Gasteiger partial charge on any atom is -0.309 e. The van der Waals surface area contributed by atoms with E-state index >= 15 is 0 Å². The van der Waals surface area contributed by atoms with Crippen LogP contribution >= 0.6 is 0 Å². The number of hydrogen-bond donors (Lipinski definition) is 0. The van der Waals surface area contributed by atoms with Gasteiger partial charge < -0.3 is 4.57 Å². The molecule has 8 aromatic rings. The van der Waals surface area contributed by atoms with Gasteiger partial charge in [-0.05, 0) is 221 Å². The molecule has 1 atom stereocenters. The molecule has 1 heteroatoms. The molecule has 0 saturated heterocycles. The maximum Gasteiger partial charge on any atom is 0.0541 e. The van der Waals surface area contributed by atoms with Crippen molar-refractivity contribution >= 4 is 21.8 Å². The lowest BCUT2D eigenvalue weighted by Crippen LogP contribution is -2.48. The average molecular weight is 828 g/mol. The average Bonchev–Trinajstić information content (AvgIpc) is 3.83. The van der Waals surface area contributed by atoms with Crippen LogP contribution in [0.15, 0.2) is 158 Å². The molecule has 8 fully saturated rings. The maximum absolute atomic E-state index is 2.73. The van der Waals surface area contributed by atoms with Crippen molar-refractivity contribution in [1.82, 2.24) is 4.57 Å². The summed E-state index contributed by atoms with van der Waals surface area (Å²) in [4.78, 5) is 0. The fraction of sp³-hybridized carbons (Fsp3) is 0.333. The zero-order chi connectivity index (χ0) is 41.7. The summed E-state index contributed by atoms with van der Waals surface area (Å²) in [6.45, 7) is 0. The van der Waals surface area contributed by atoms with Crippen LogP contribution in [0, 0.1) is 35.5 Å². The molecule has 1 unspecified atom stereocenters. The van der Waals surface area contributed by atoms with Crippen molar-refractivity contribution in [2.75, 3.05) is 0 Å².